The molecular formula is C11H20N4O3S. The molecule has 1 aliphatic heterocycles. The van der Waals surface area contributed by atoms with Gasteiger partial charge in [-0.2, -0.15) is 4.31 Å². The second kappa shape index (κ2) is 5.46. The Morgan fingerprint density at radius 3 is 2.32 bits per heavy atom. The molecule has 0 amide bonds. The first-order chi connectivity index (χ1) is 8.94. The maximum atomic E-state index is 11.7. The molecular weight excluding hydrogens is 268 g/mol. The van der Waals surface area contributed by atoms with Gasteiger partial charge in [-0.05, 0) is 6.92 Å². The summed E-state index contributed by atoms with van der Waals surface area (Å²) < 4.78 is 30.6. The average Bonchev–Trinajstić information content (AvgIpc) is 2.88. The van der Waals surface area contributed by atoms with Crippen LogP contribution < -0.4 is 4.90 Å². The van der Waals surface area contributed by atoms with Gasteiger partial charge >= 0.3 is 6.01 Å². The Morgan fingerprint density at radius 1 is 1.21 bits per heavy atom. The highest BCUT2D eigenvalue weighted by atomic mass is 32.2. The highest BCUT2D eigenvalue weighted by molar-refractivity contribution is 7.89. The van der Waals surface area contributed by atoms with E-state index in [0.717, 1.165) is 0 Å². The zero-order valence-corrected chi connectivity index (χ0v) is 12.4. The van der Waals surface area contributed by atoms with Gasteiger partial charge in [0.2, 0.25) is 15.9 Å². The zero-order valence-electron chi connectivity index (χ0n) is 11.5. The fraction of sp³-hybridized carbons (Fsp3) is 0.818. The van der Waals surface area contributed by atoms with Crippen LogP contribution in [0.4, 0.5) is 6.01 Å². The van der Waals surface area contributed by atoms with Crippen LogP contribution in [0.1, 0.15) is 32.6 Å². The summed E-state index contributed by atoms with van der Waals surface area (Å²) >= 11 is 0. The molecule has 1 fully saturated rings. The summed E-state index contributed by atoms with van der Waals surface area (Å²) in [6, 6.07) is 0.484. The monoisotopic (exact) mass is 288 g/mol. The van der Waals surface area contributed by atoms with E-state index in [1.54, 1.807) is 6.92 Å². The highest BCUT2D eigenvalue weighted by Crippen LogP contribution is 2.20. The number of nitrogens with zero attached hydrogens (tertiary/aromatic N) is 4. The molecule has 2 heterocycles. The van der Waals surface area contributed by atoms with Crippen molar-refractivity contribution in [2.45, 2.75) is 26.7 Å². The molecule has 19 heavy (non-hydrogen) atoms. The molecule has 7 nitrogen and oxygen atoms in total. The molecule has 0 aromatic carbocycles. The molecule has 1 saturated heterocycles. The van der Waals surface area contributed by atoms with Gasteiger partial charge in [0, 0.05) is 32.1 Å². The van der Waals surface area contributed by atoms with Gasteiger partial charge in [-0.3, -0.25) is 0 Å². The summed E-state index contributed by atoms with van der Waals surface area (Å²) in [6.45, 7) is 7.74. The van der Waals surface area contributed by atoms with E-state index in [4.69, 9.17) is 4.42 Å². The molecule has 1 aromatic rings. The molecule has 0 atom stereocenters. The van der Waals surface area contributed by atoms with Gasteiger partial charge in [0.1, 0.15) is 0 Å². The number of hydrogen-bond acceptors (Lipinski definition) is 6. The van der Waals surface area contributed by atoms with Crippen LogP contribution in [0.5, 0.6) is 0 Å². The summed E-state index contributed by atoms with van der Waals surface area (Å²) in [5.41, 5.74) is 0. The fourth-order valence-corrected chi connectivity index (χ4v) is 3.01. The molecule has 108 valence electrons. The molecule has 0 radical (unpaired) electrons. The van der Waals surface area contributed by atoms with E-state index >= 15 is 0 Å². The molecule has 1 aromatic heterocycles. The van der Waals surface area contributed by atoms with Gasteiger partial charge in [0.25, 0.3) is 0 Å². The van der Waals surface area contributed by atoms with Crippen LogP contribution in [-0.2, 0) is 10.0 Å². The predicted octanol–water partition coefficient (Wildman–Crippen LogP) is 0.665. The van der Waals surface area contributed by atoms with Crippen LogP contribution in [0.25, 0.3) is 0 Å². The first-order valence-corrected chi connectivity index (χ1v) is 8.11. The van der Waals surface area contributed by atoms with Crippen molar-refractivity contribution in [1.82, 2.24) is 14.5 Å². The lowest BCUT2D eigenvalue weighted by molar-refractivity contribution is 0.367. The third kappa shape index (κ3) is 3.06. The smallest absolute Gasteiger partial charge is 0.318 e. The number of rotatable bonds is 4. The lowest BCUT2D eigenvalue weighted by atomic mass is 10.2. The van der Waals surface area contributed by atoms with Crippen molar-refractivity contribution in [3.63, 3.8) is 0 Å². The number of anilines is 1. The normalized spacial score (nSPS) is 18.2. The number of sulfonamides is 1. The van der Waals surface area contributed by atoms with E-state index in [1.165, 1.54) is 4.31 Å². The van der Waals surface area contributed by atoms with Crippen LogP contribution in [0.2, 0.25) is 0 Å². The lowest BCUT2D eigenvalue weighted by Gasteiger charge is -2.32. The lowest BCUT2D eigenvalue weighted by Crippen LogP contribution is -2.49. The summed E-state index contributed by atoms with van der Waals surface area (Å²) in [5, 5.41) is 7.99. The Balaban J connectivity index is 2.00. The molecule has 0 unspecified atom stereocenters. The van der Waals surface area contributed by atoms with Crippen molar-refractivity contribution in [3.8, 4) is 0 Å². The standard InChI is InChI=1S/C11H20N4O3S/c1-4-19(16,17)15-7-5-14(6-8-15)11-13-12-10(18-11)9(2)3/h9H,4-8H2,1-3H3. The van der Waals surface area contributed by atoms with E-state index < -0.39 is 10.0 Å². The van der Waals surface area contributed by atoms with Crippen LogP contribution in [0, 0.1) is 0 Å². The minimum absolute atomic E-state index is 0.144. The molecule has 2 rings (SSSR count). The number of hydrogen-bond donors (Lipinski definition) is 0. The van der Waals surface area contributed by atoms with E-state index in [0.29, 0.717) is 38.1 Å². The SMILES string of the molecule is CCS(=O)(=O)N1CCN(c2nnc(C(C)C)o2)CC1. The summed E-state index contributed by atoms with van der Waals surface area (Å²) in [4.78, 5) is 1.93. The van der Waals surface area contributed by atoms with E-state index in [9.17, 15) is 8.42 Å². The Kier molecular flexibility index (Phi) is 4.10. The maximum absolute atomic E-state index is 11.7. The van der Waals surface area contributed by atoms with Crippen molar-refractivity contribution in [2.75, 3.05) is 36.8 Å². The minimum atomic E-state index is -3.10. The first kappa shape index (κ1) is 14.3. The van der Waals surface area contributed by atoms with E-state index in [1.807, 2.05) is 18.7 Å². The van der Waals surface area contributed by atoms with Crippen molar-refractivity contribution >= 4 is 16.0 Å². The van der Waals surface area contributed by atoms with Crippen molar-refractivity contribution < 1.29 is 12.8 Å². The summed E-state index contributed by atoms with van der Waals surface area (Å²) in [6.07, 6.45) is 0. The zero-order chi connectivity index (χ0) is 14.0. The third-order valence-electron chi connectivity index (χ3n) is 3.19. The summed E-state index contributed by atoms with van der Waals surface area (Å²) in [7, 11) is -3.10. The Bertz CT molecular complexity index is 518. The summed E-state index contributed by atoms with van der Waals surface area (Å²) in [5.74, 6) is 0.951. The molecule has 0 aliphatic carbocycles. The molecule has 0 spiro atoms. The third-order valence-corrected chi connectivity index (χ3v) is 5.07. The Labute approximate surface area is 113 Å². The van der Waals surface area contributed by atoms with Gasteiger partial charge in [0.05, 0.1) is 5.75 Å². The second-order valence-corrected chi connectivity index (χ2v) is 7.12. The Hall–Kier alpha value is -1.15. The maximum Gasteiger partial charge on any atom is 0.318 e. The fourth-order valence-electron chi connectivity index (χ4n) is 1.93. The van der Waals surface area contributed by atoms with Crippen LogP contribution in [0.15, 0.2) is 4.42 Å². The van der Waals surface area contributed by atoms with E-state index in [2.05, 4.69) is 10.2 Å². The van der Waals surface area contributed by atoms with Gasteiger partial charge in [-0.15, -0.1) is 5.10 Å². The largest absolute Gasteiger partial charge is 0.408 e. The van der Waals surface area contributed by atoms with Crippen molar-refractivity contribution in [1.29, 1.82) is 0 Å². The van der Waals surface area contributed by atoms with Crippen LogP contribution in [-0.4, -0.2) is 54.9 Å². The number of aromatic nitrogens is 2. The van der Waals surface area contributed by atoms with Crippen molar-refractivity contribution in [3.05, 3.63) is 5.89 Å². The molecule has 1 aliphatic rings. The van der Waals surface area contributed by atoms with E-state index in [-0.39, 0.29) is 11.7 Å². The van der Waals surface area contributed by atoms with Crippen molar-refractivity contribution in [2.24, 2.45) is 0 Å². The average molecular weight is 288 g/mol. The van der Waals surface area contributed by atoms with Gasteiger partial charge in [0.15, 0.2) is 0 Å². The van der Waals surface area contributed by atoms with Gasteiger partial charge < -0.3 is 9.32 Å². The molecule has 0 N–H and O–H groups in total. The molecule has 0 bridgehead atoms. The molecule has 0 saturated carbocycles. The van der Waals surface area contributed by atoms with Gasteiger partial charge in [-0.25, -0.2) is 8.42 Å². The topological polar surface area (TPSA) is 79.5 Å². The van der Waals surface area contributed by atoms with Gasteiger partial charge in [-0.1, -0.05) is 18.9 Å². The minimum Gasteiger partial charge on any atom is -0.408 e. The number of piperazine rings is 1. The second-order valence-electron chi connectivity index (χ2n) is 4.86. The quantitative estimate of drug-likeness (QED) is 0.810. The Morgan fingerprint density at radius 2 is 1.84 bits per heavy atom. The highest BCUT2D eigenvalue weighted by Gasteiger charge is 2.27. The predicted molar refractivity (Wildman–Crippen MR) is 71.6 cm³/mol. The molecule has 8 heteroatoms. The van der Waals surface area contributed by atoms with Crippen LogP contribution >= 0.6 is 0 Å². The first-order valence-electron chi connectivity index (χ1n) is 6.50. The van der Waals surface area contributed by atoms with Crippen LogP contribution in [0.3, 0.4) is 0 Å².